The summed E-state index contributed by atoms with van der Waals surface area (Å²) in [6.07, 6.45) is 1.51. The summed E-state index contributed by atoms with van der Waals surface area (Å²) in [5, 5.41) is 6.74. The lowest BCUT2D eigenvalue weighted by Gasteiger charge is -2.34. The molecule has 3 aromatic rings. The Morgan fingerprint density at radius 3 is 2.39 bits per heavy atom. The van der Waals surface area contributed by atoms with E-state index in [2.05, 4.69) is 29.3 Å². The number of anilines is 1. The molecule has 0 radical (unpaired) electrons. The third kappa shape index (κ3) is 5.66. The number of amides is 1. The van der Waals surface area contributed by atoms with Crippen molar-refractivity contribution in [3.05, 3.63) is 60.5 Å². The van der Waals surface area contributed by atoms with Crippen LogP contribution in [0.3, 0.4) is 0 Å². The number of benzene rings is 2. The molecule has 1 amide bonds. The molecule has 0 saturated carbocycles. The Morgan fingerprint density at radius 1 is 1.06 bits per heavy atom. The highest BCUT2D eigenvalue weighted by Gasteiger charge is 2.31. The summed E-state index contributed by atoms with van der Waals surface area (Å²) in [6, 6.07) is 15.8. The van der Waals surface area contributed by atoms with Crippen LogP contribution in [0.5, 0.6) is 0 Å². The number of carbonyl (C=O) groups excluding carboxylic acids is 1. The fourth-order valence-electron chi connectivity index (χ4n) is 4.17. The summed E-state index contributed by atoms with van der Waals surface area (Å²) >= 11 is 0. The van der Waals surface area contributed by atoms with Gasteiger partial charge in [-0.25, -0.2) is 8.42 Å². The molecule has 9 heteroatoms. The second kappa shape index (κ2) is 9.84. The Labute approximate surface area is 194 Å². The standard InChI is InChI=1S/C24H28N4O4S/c1-17-14-18(2)16-28(15-17)33(30,31)21-10-8-20(9-11-21)25-22(29)12-13-23-26-24(27-32-23)19-6-4-3-5-7-19/h3-11,17-18H,12-16H2,1-2H3,(H,25,29). The smallest absolute Gasteiger partial charge is 0.243 e. The summed E-state index contributed by atoms with van der Waals surface area (Å²) in [7, 11) is -3.55. The van der Waals surface area contributed by atoms with Crippen LogP contribution in [0.15, 0.2) is 64.0 Å². The molecular formula is C24H28N4O4S. The first-order valence-corrected chi connectivity index (χ1v) is 12.5. The Morgan fingerprint density at radius 2 is 1.73 bits per heavy atom. The van der Waals surface area contributed by atoms with Crippen LogP contribution in [0.4, 0.5) is 5.69 Å². The van der Waals surface area contributed by atoms with E-state index in [1.54, 1.807) is 28.6 Å². The molecule has 0 aliphatic carbocycles. The largest absolute Gasteiger partial charge is 0.339 e. The highest BCUT2D eigenvalue weighted by molar-refractivity contribution is 7.89. The third-order valence-corrected chi connectivity index (χ3v) is 7.52. The second-order valence-electron chi connectivity index (χ2n) is 8.72. The molecule has 1 aliphatic rings. The second-order valence-corrected chi connectivity index (χ2v) is 10.7. The van der Waals surface area contributed by atoms with Gasteiger partial charge >= 0.3 is 0 Å². The van der Waals surface area contributed by atoms with Crippen LogP contribution in [0.25, 0.3) is 11.4 Å². The van der Waals surface area contributed by atoms with Crippen LogP contribution >= 0.6 is 0 Å². The molecule has 2 unspecified atom stereocenters. The molecule has 174 valence electrons. The van der Waals surface area contributed by atoms with Crippen molar-refractivity contribution in [2.45, 2.75) is 38.0 Å². The van der Waals surface area contributed by atoms with Crippen molar-refractivity contribution >= 4 is 21.6 Å². The van der Waals surface area contributed by atoms with E-state index in [4.69, 9.17) is 4.52 Å². The zero-order valence-corrected chi connectivity index (χ0v) is 19.6. The van der Waals surface area contributed by atoms with Crippen LogP contribution in [0, 0.1) is 11.8 Å². The van der Waals surface area contributed by atoms with Gasteiger partial charge in [-0.15, -0.1) is 0 Å². The van der Waals surface area contributed by atoms with E-state index in [1.165, 1.54) is 0 Å². The summed E-state index contributed by atoms with van der Waals surface area (Å²) in [4.78, 5) is 16.9. The van der Waals surface area contributed by atoms with Crippen LogP contribution < -0.4 is 5.32 Å². The van der Waals surface area contributed by atoms with E-state index in [1.807, 2.05) is 30.3 Å². The molecule has 1 N–H and O–H groups in total. The van der Waals surface area contributed by atoms with Crippen molar-refractivity contribution in [3.63, 3.8) is 0 Å². The molecule has 2 aromatic carbocycles. The molecule has 0 spiro atoms. The van der Waals surface area contributed by atoms with E-state index in [0.717, 1.165) is 12.0 Å². The normalized spacial score (nSPS) is 19.3. The van der Waals surface area contributed by atoms with Crippen molar-refractivity contribution in [1.29, 1.82) is 0 Å². The Balaban J connectivity index is 1.32. The maximum absolute atomic E-state index is 13.0. The lowest BCUT2D eigenvalue weighted by molar-refractivity contribution is -0.116. The van der Waals surface area contributed by atoms with Crippen molar-refractivity contribution < 1.29 is 17.7 Å². The van der Waals surface area contributed by atoms with Crippen molar-refractivity contribution in [3.8, 4) is 11.4 Å². The zero-order chi connectivity index (χ0) is 23.4. The predicted octanol–water partition coefficient (Wildman–Crippen LogP) is 3.97. The van der Waals surface area contributed by atoms with E-state index >= 15 is 0 Å². The highest BCUT2D eigenvalue weighted by atomic mass is 32.2. The predicted molar refractivity (Wildman–Crippen MR) is 125 cm³/mol. The van der Waals surface area contributed by atoms with Gasteiger partial charge in [-0.3, -0.25) is 4.79 Å². The number of aryl methyl sites for hydroxylation is 1. The molecular weight excluding hydrogens is 440 g/mol. The maximum Gasteiger partial charge on any atom is 0.243 e. The number of sulfonamides is 1. The Bertz CT molecular complexity index is 1180. The molecule has 1 saturated heterocycles. The molecule has 2 atom stereocenters. The minimum absolute atomic E-state index is 0.167. The molecule has 8 nitrogen and oxygen atoms in total. The minimum atomic E-state index is -3.55. The number of nitrogens with one attached hydrogen (secondary N) is 1. The SMILES string of the molecule is CC1CC(C)CN(S(=O)(=O)c2ccc(NC(=O)CCc3nc(-c4ccccc4)no3)cc2)C1. The van der Waals surface area contributed by atoms with Gasteiger partial charge in [0.25, 0.3) is 0 Å². The van der Waals surface area contributed by atoms with E-state index < -0.39 is 10.0 Å². The molecule has 1 aromatic heterocycles. The third-order valence-electron chi connectivity index (χ3n) is 5.68. The van der Waals surface area contributed by atoms with Crippen molar-refractivity contribution in [2.75, 3.05) is 18.4 Å². The average Bonchev–Trinajstić information content (AvgIpc) is 3.27. The fraction of sp³-hybridized carbons (Fsp3) is 0.375. The van der Waals surface area contributed by atoms with Gasteiger partial charge in [0, 0.05) is 37.2 Å². The van der Waals surface area contributed by atoms with Crippen LogP contribution in [0.1, 0.15) is 32.6 Å². The van der Waals surface area contributed by atoms with Crippen LogP contribution in [0.2, 0.25) is 0 Å². The molecule has 1 aliphatic heterocycles. The van der Waals surface area contributed by atoms with Gasteiger partial charge in [0.05, 0.1) is 4.90 Å². The number of carbonyl (C=O) groups is 1. The number of nitrogens with zero attached hydrogens (tertiary/aromatic N) is 3. The first-order valence-electron chi connectivity index (χ1n) is 11.1. The molecule has 2 heterocycles. The Kier molecular flexibility index (Phi) is 6.90. The lowest BCUT2D eigenvalue weighted by atomic mass is 9.94. The number of aromatic nitrogens is 2. The summed E-state index contributed by atoms with van der Waals surface area (Å²) in [5.74, 6) is 1.33. The summed E-state index contributed by atoms with van der Waals surface area (Å²) in [6.45, 7) is 5.22. The highest BCUT2D eigenvalue weighted by Crippen LogP contribution is 2.27. The van der Waals surface area contributed by atoms with Crippen LogP contribution in [-0.2, 0) is 21.2 Å². The number of piperidine rings is 1. The fourth-order valence-corrected chi connectivity index (χ4v) is 5.85. The minimum Gasteiger partial charge on any atom is -0.339 e. The average molecular weight is 469 g/mol. The topological polar surface area (TPSA) is 105 Å². The van der Waals surface area contributed by atoms with Crippen LogP contribution in [-0.4, -0.2) is 41.9 Å². The van der Waals surface area contributed by atoms with E-state index in [9.17, 15) is 13.2 Å². The van der Waals surface area contributed by atoms with E-state index in [-0.39, 0.29) is 17.2 Å². The van der Waals surface area contributed by atoms with Gasteiger partial charge < -0.3 is 9.84 Å². The first-order chi connectivity index (χ1) is 15.8. The zero-order valence-electron chi connectivity index (χ0n) is 18.8. The van der Waals surface area contributed by atoms with Crippen molar-refractivity contribution in [1.82, 2.24) is 14.4 Å². The molecule has 33 heavy (non-hydrogen) atoms. The monoisotopic (exact) mass is 468 g/mol. The maximum atomic E-state index is 13.0. The van der Waals surface area contributed by atoms with E-state index in [0.29, 0.717) is 48.7 Å². The number of hydrogen-bond donors (Lipinski definition) is 1. The van der Waals surface area contributed by atoms with Gasteiger partial charge in [0.15, 0.2) is 0 Å². The van der Waals surface area contributed by atoms with Gasteiger partial charge in [-0.2, -0.15) is 9.29 Å². The quantitative estimate of drug-likeness (QED) is 0.562. The molecule has 0 bridgehead atoms. The molecule has 4 rings (SSSR count). The van der Waals surface area contributed by atoms with Gasteiger partial charge in [-0.1, -0.05) is 49.3 Å². The van der Waals surface area contributed by atoms with Gasteiger partial charge in [0.1, 0.15) is 0 Å². The Hall–Kier alpha value is -3.04. The van der Waals surface area contributed by atoms with Gasteiger partial charge in [0.2, 0.25) is 27.6 Å². The summed E-state index contributed by atoms with van der Waals surface area (Å²) in [5.41, 5.74) is 1.38. The summed E-state index contributed by atoms with van der Waals surface area (Å²) < 4.78 is 32.8. The number of rotatable bonds is 7. The first kappa shape index (κ1) is 23.1. The van der Waals surface area contributed by atoms with Crippen molar-refractivity contribution in [2.24, 2.45) is 11.8 Å². The van der Waals surface area contributed by atoms with Gasteiger partial charge in [-0.05, 0) is 42.5 Å². The number of hydrogen-bond acceptors (Lipinski definition) is 6. The molecule has 1 fully saturated rings. The lowest BCUT2D eigenvalue weighted by Crippen LogP contribution is -2.42.